The van der Waals surface area contributed by atoms with Crippen molar-refractivity contribution in [2.75, 3.05) is 12.4 Å². The van der Waals surface area contributed by atoms with Gasteiger partial charge < -0.3 is 5.32 Å². The molecule has 64 valence electrons. The number of hydrogen-bond acceptors (Lipinski definition) is 3. The van der Waals surface area contributed by atoms with E-state index in [-0.39, 0.29) is 0 Å². The van der Waals surface area contributed by atoms with Crippen molar-refractivity contribution in [1.29, 1.82) is 0 Å². The summed E-state index contributed by atoms with van der Waals surface area (Å²) in [5, 5.41) is 5.97. The van der Waals surface area contributed by atoms with Gasteiger partial charge in [-0.25, -0.2) is 0 Å². The van der Waals surface area contributed by atoms with Crippen molar-refractivity contribution in [1.82, 2.24) is 0 Å². The monoisotopic (exact) mass is 164 g/mol. The van der Waals surface area contributed by atoms with E-state index in [2.05, 4.69) is 10.5 Å². The Kier molecular flexibility index (Phi) is 2.43. The van der Waals surface area contributed by atoms with Gasteiger partial charge in [0.05, 0.1) is 0 Å². The maximum absolute atomic E-state index is 10.3. The van der Waals surface area contributed by atoms with Crippen LogP contribution in [0.25, 0.3) is 0 Å². The summed E-state index contributed by atoms with van der Waals surface area (Å²) >= 11 is 0. The summed E-state index contributed by atoms with van der Waals surface area (Å²) < 4.78 is 0. The van der Waals surface area contributed by atoms with Crippen LogP contribution in [-0.2, 0) is 0 Å². The van der Waals surface area contributed by atoms with Crippen LogP contribution in [0.2, 0.25) is 0 Å². The summed E-state index contributed by atoms with van der Waals surface area (Å²) in [7, 11) is 1.86. The summed E-state index contributed by atoms with van der Waals surface area (Å²) in [5.74, 6) is 0. The van der Waals surface area contributed by atoms with Crippen LogP contribution >= 0.6 is 0 Å². The van der Waals surface area contributed by atoms with Crippen LogP contribution in [0.3, 0.4) is 0 Å². The van der Waals surface area contributed by atoms with Gasteiger partial charge in [0, 0.05) is 12.7 Å². The van der Waals surface area contributed by atoms with Crippen LogP contribution in [-0.4, -0.2) is 7.05 Å². The number of rotatable bonds is 2. The molecule has 0 saturated carbocycles. The number of nitrogens with one attached hydrogen (secondary N) is 1. The minimum atomic E-state index is 0.520. The second-order valence-corrected chi connectivity index (χ2v) is 2.79. The van der Waals surface area contributed by atoms with Crippen molar-refractivity contribution >= 4 is 11.4 Å². The third-order valence-corrected chi connectivity index (χ3v) is 1.91. The Balaban J connectivity index is 3.25. The average Bonchev–Trinajstić information content (AvgIpc) is 2.08. The number of benzene rings is 1. The van der Waals surface area contributed by atoms with E-state index in [9.17, 15) is 4.91 Å². The molecule has 12 heavy (non-hydrogen) atoms. The first-order chi connectivity index (χ1) is 5.69. The molecular formula is C9H12N2O. The summed E-state index contributed by atoms with van der Waals surface area (Å²) in [4.78, 5) is 10.3. The fourth-order valence-corrected chi connectivity index (χ4v) is 1.17. The molecule has 0 amide bonds. The highest BCUT2D eigenvalue weighted by molar-refractivity contribution is 5.61. The largest absolute Gasteiger partial charge is 0.388 e. The van der Waals surface area contributed by atoms with Crippen LogP contribution in [0.5, 0.6) is 0 Å². The molecule has 0 spiro atoms. The number of nitrogens with zero attached hydrogens (tertiary/aromatic N) is 1. The molecule has 0 fully saturated rings. The first kappa shape index (κ1) is 8.71. The van der Waals surface area contributed by atoms with Gasteiger partial charge in [0.15, 0.2) is 0 Å². The van der Waals surface area contributed by atoms with Gasteiger partial charge in [-0.2, -0.15) is 0 Å². The molecule has 0 aliphatic heterocycles. The van der Waals surface area contributed by atoms with E-state index in [1.807, 2.05) is 27.0 Å². The molecule has 0 aliphatic carbocycles. The fraction of sp³-hybridized carbons (Fsp3) is 0.333. The third kappa shape index (κ3) is 1.44. The quantitative estimate of drug-likeness (QED) is 0.683. The molecule has 3 nitrogen and oxygen atoms in total. The van der Waals surface area contributed by atoms with Crippen molar-refractivity contribution < 1.29 is 0 Å². The van der Waals surface area contributed by atoms with E-state index in [0.717, 1.165) is 16.8 Å². The molecule has 3 heteroatoms. The lowest BCUT2D eigenvalue weighted by Crippen LogP contribution is -1.92. The SMILES string of the molecule is CNc1cc(C)c(N=O)cc1C. The van der Waals surface area contributed by atoms with E-state index < -0.39 is 0 Å². The van der Waals surface area contributed by atoms with E-state index in [4.69, 9.17) is 0 Å². The molecule has 0 radical (unpaired) electrons. The van der Waals surface area contributed by atoms with Gasteiger partial charge in [-0.05, 0) is 42.3 Å². The van der Waals surface area contributed by atoms with E-state index in [1.165, 1.54) is 0 Å². The Morgan fingerprint density at radius 1 is 1.25 bits per heavy atom. The van der Waals surface area contributed by atoms with Crippen LogP contribution in [0, 0.1) is 18.8 Å². The summed E-state index contributed by atoms with van der Waals surface area (Å²) in [6.45, 7) is 3.82. The van der Waals surface area contributed by atoms with Gasteiger partial charge >= 0.3 is 0 Å². The lowest BCUT2D eigenvalue weighted by molar-refractivity contribution is 1.32. The Bertz CT molecular complexity index is 308. The van der Waals surface area contributed by atoms with Crippen LogP contribution in [0.1, 0.15) is 11.1 Å². The smallest absolute Gasteiger partial charge is 0.111 e. The molecule has 1 aromatic carbocycles. The van der Waals surface area contributed by atoms with E-state index in [0.29, 0.717) is 5.69 Å². The number of aryl methyl sites for hydroxylation is 2. The van der Waals surface area contributed by atoms with Crippen molar-refractivity contribution in [2.24, 2.45) is 5.18 Å². The van der Waals surface area contributed by atoms with Gasteiger partial charge in [-0.1, -0.05) is 0 Å². The second-order valence-electron chi connectivity index (χ2n) is 2.79. The zero-order valence-electron chi connectivity index (χ0n) is 7.51. The Morgan fingerprint density at radius 3 is 2.42 bits per heavy atom. The second kappa shape index (κ2) is 3.34. The average molecular weight is 164 g/mol. The zero-order valence-corrected chi connectivity index (χ0v) is 7.51. The molecule has 0 heterocycles. The molecule has 0 unspecified atom stereocenters. The summed E-state index contributed by atoms with van der Waals surface area (Å²) in [5.41, 5.74) is 3.50. The van der Waals surface area contributed by atoms with Gasteiger partial charge in [0.2, 0.25) is 0 Å². The Labute approximate surface area is 71.8 Å². The predicted molar refractivity (Wildman–Crippen MR) is 50.9 cm³/mol. The summed E-state index contributed by atoms with van der Waals surface area (Å²) in [6, 6.07) is 3.71. The highest BCUT2D eigenvalue weighted by Gasteiger charge is 2.02. The lowest BCUT2D eigenvalue weighted by atomic mass is 10.1. The zero-order chi connectivity index (χ0) is 9.14. The van der Waals surface area contributed by atoms with Crippen molar-refractivity contribution in [3.05, 3.63) is 28.2 Å². The van der Waals surface area contributed by atoms with Crippen molar-refractivity contribution in [3.8, 4) is 0 Å². The van der Waals surface area contributed by atoms with Crippen molar-refractivity contribution in [2.45, 2.75) is 13.8 Å². The van der Waals surface area contributed by atoms with E-state index in [1.54, 1.807) is 6.07 Å². The van der Waals surface area contributed by atoms with Crippen LogP contribution in [0.15, 0.2) is 17.3 Å². The van der Waals surface area contributed by atoms with Crippen molar-refractivity contribution in [3.63, 3.8) is 0 Å². The molecule has 0 atom stereocenters. The normalized spacial score (nSPS) is 9.58. The molecule has 0 aliphatic rings. The highest BCUT2D eigenvalue weighted by Crippen LogP contribution is 2.25. The maximum atomic E-state index is 10.3. The predicted octanol–water partition coefficient (Wildman–Crippen LogP) is 2.74. The first-order valence-electron chi connectivity index (χ1n) is 3.81. The summed E-state index contributed by atoms with van der Waals surface area (Å²) in [6.07, 6.45) is 0. The van der Waals surface area contributed by atoms with E-state index >= 15 is 0 Å². The molecule has 0 saturated heterocycles. The standard InChI is InChI=1S/C9H12N2O/c1-6-5-9(11-12)7(2)4-8(6)10-3/h4-5,10H,1-3H3. The molecule has 1 rings (SSSR count). The first-order valence-corrected chi connectivity index (χ1v) is 3.81. The topological polar surface area (TPSA) is 41.5 Å². The minimum Gasteiger partial charge on any atom is -0.388 e. The Morgan fingerprint density at radius 2 is 1.92 bits per heavy atom. The maximum Gasteiger partial charge on any atom is 0.111 e. The molecule has 0 bridgehead atoms. The van der Waals surface area contributed by atoms with Crippen LogP contribution < -0.4 is 5.32 Å². The van der Waals surface area contributed by atoms with Gasteiger partial charge in [0.1, 0.15) is 5.69 Å². The van der Waals surface area contributed by atoms with Gasteiger partial charge in [-0.15, -0.1) is 4.91 Å². The number of anilines is 1. The number of hydrogen-bond donors (Lipinski definition) is 1. The third-order valence-electron chi connectivity index (χ3n) is 1.91. The fourth-order valence-electron chi connectivity index (χ4n) is 1.17. The highest BCUT2D eigenvalue weighted by atomic mass is 16.3. The molecule has 0 aromatic heterocycles. The van der Waals surface area contributed by atoms with Crippen LogP contribution in [0.4, 0.5) is 11.4 Å². The Hall–Kier alpha value is -1.38. The molecular weight excluding hydrogens is 152 g/mol. The molecule has 1 aromatic rings. The minimum absolute atomic E-state index is 0.520. The molecule has 1 N–H and O–H groups in total. The van der Waals surface area contributed by atoms with Gasteiger partial charge in [0.25, 0.3) is 0 Å². The lowest BCUT2D eigenvalue weighted by Gasteiger charge is -2.06. The van der Waals surface area contributed by atoms with Gasteiger partial charge in [-0.3, -0.25) is 0 Å². The number of nitroso groups, excluding NO2 is 1.